The molecule has 0 saturated heterocycles. The van der Waals surface area contributed by atoms with E-state index in [-0.39, 0.29) is 0 Å². The van der Waals surface area contributed by atoms with E-state index < -0.39 is 0 Å². The van der Waals surface area contributed by atoms with Crippen LogP contribution in [0.3, 0.4) is 0 Å². The molecule has 43 heavy (non-hydrogen) atoms. The summed E-state index contributed by atoms with van der Waals surface area (Å²) < 4.78 is 2.37. The molecule has 0 spiro atoms. The van der Waals surface area contributed by atoms with Gasteiger partial charge in [-0.3, -0.25) is 0 Å². The fraction of sp³-hybridized carbons (Fsp3) is 0. The molecule has 0 N–H and O–H groups in total. The number of hydrogen-bond acceptors (Lipinski definition) is 0. The summed E-state index contributed by atoms with van der Waals surface area (Å²) in [4.78, 5) is 0. The van der Waals surface area contributed by atoms with Crippen LogP contribution in [0.2, 0.25) is 0 Å². The second kappa shape index (κ2) is 9.44. The van der Waals surface area contributed by atoms with E-state index in [9.17, 15) is 0 Å². The van der Waals surface area contributed by atoms with E-state index in [2.05, 4.69) is 168 Å². The second-order valence-corrected chi connectivity index (χ2v) is 11.3. The SMILES string of the molecule is c1ccc(-n2c3ccccc3c3cc(-c4ccc5c(c4)-c4ccccc4-c4ccccc4-c4ccccc4-5)ccc32)cc1. The van der Waals surface area contributed by atoms with Gasteiger partial charge in [0, 0.05) is 16.5 Å². The van der Waals surface area contributed by atoms with E-state index in [0.29, 0.717) is 0 Å². The molecule has 9 rings (SSSR count). The molecule has 8 aromatic rings. The highest BCUT2D eigenvalue weighted by Gasteiger charge is 2.22. The normalized spacial score (nSPS) is 11.7. The Kier molecular flexibility index (Phi) is 5.27. The molecule has 7 aromatic carbocycles. The van der Waals surface area contributed by atoms with Crippen LogP contribution in [0.5, 0.6) is 0 Å². The molecule has 1 aliphatic carbocycles. The fourth-order valence-corrected chi connectivity index (χ4v) is 7.05. The van der Waals surface area contributed by atoms with Crippen molar-refractivity contribution in [2.45, 2.75) is 0 Å². The summed E-state index contributed by atoms with van der Waals surface area (Å²) in [6.07, 6.45) is 0. The van der Waals surface area contributed by atoms with Gasteiger partial charge in [0.15, 0.2) is 0 Å². The smallest absolute Gasteiger partial charge is 0.0541 e. The first-order chi connectivity index (χ1) is 21.3. The summed E-state index contributed by atoms with van der Waals surface area (Å²) in [5.41, 5.74) is 16.2. The number of fused-ring (bicyclic) bond motifs is 11. The minimum Gasteiger partial charge on any atom is -0.309 e. The van der Waals surface area contributed by atoms with Crippen LogP contribution in [0.25, 0.3) is 83.1 Å². The Bertz CT molecular complexity index is 2330. The Hall–Kier alpha value is -5.66. The molecule has 0 radical (unpaired) electrons. The molecule has 1 heterocycles. The van der Waals surface area contributed by atoms with Gasteiger partial charge in [0.2, 0.25) is 0 Å². The summed E-state index contributed by atoms with van der Waals surface area (Å²) in [5, 5.41) is 2.54. The maximum absolute atomic E-state index is 2.40. The predicted octanol–water partition coefficient (Wildman–Crippen LogP) is 11.4. The molecule has 0 aliphatic heterocycles. The third-order valence-electron chi connectivity index (χ3n) is 8.98. The lowest BCUT2D eigenvalue weighted by atomic mass is 9.80. The van der Waals surface area contributed by atoms with E-state index >= 15 is 0 Å². The van der Waals surface area contributed by atoms with Crippen molar-refractivity contribution in [2.24, 2.45) is 0 Å². The first-order valence-corrected chi connectivity index (χ1v) is 14.9. The zero-order valence-electron chi connectivity index (χ0n) is 23.5. The first kappa shape index (κ1) is 24.0. The minimum absolute atomic E-state index is 1.18. The van der Waals surface area contributed by atoms with Gasteiger partial charge in [0.1, 0.15) is 0 Å². The van der Waals surface area contributed by atoms with E-state index in [1.54, 1.807) is 0 Å². The highest BCUT2D eigenvalue weighted by molar-refractivity contribution is 6.11. The van der Waals surface area contributed by atoms with E-state index in [1.807, 2.05) is 0 Å². The van der Waals surface area contributed by atoms with Gasteiger partial charge in [-0.25, -0.2) is 0 Å². The van der Waals surface area contributed by atoms with Gasteiger partial charge in [-0.05, 0) is 92.0 Å². The number of rotatable bonds is 2. The molecule has 0 bridgehead atoms. The largest absolute Gasteiger partial charge is 0.309 e. The summed E-state index contributed by atoms with van der Waals surface area (Å²) in [7, 11) is 0. The van der Waals surface area contributed by atoms with E-state index in [4.69, 9.17) is 0 Å². The number of aromatic nitrogens is 1. The van der Waals surface area contributed by atoms with Crippen molar-refractivity contribution in [3.8, 4) is 61.3 Å². The van der Waals surface area contributed by atoms with Gasteiger partial charge in [-0.1, -0.05) is 127 Å². The second-order valence-electron chi connectivity index (χ2n) is 11.3. The van der Waals surface area contributed by atoms with Gasteiger partial charge in [-0.15, -0.1) is 0 Å². The number of para-hydroxylation sites is 2. The van der Waals surface area contributed by atoms with Gasteiger partial charge < -0.3 is 4.57 Å². The molecule has 1 nitrogen and oxygen atoms in total. The Labute approximate surface area is 250 Å². The average Bonchev–Trinajstić information content (AvgIpc) is 3.41. The summed E-state index contributed by atoms with van der Waals surface area (Å²) in [6.45, 7) is 0. The molecule has 1 aromatic heterocycles. The van der Waals surface area contributed by atoms with Gasteiger partial charge in [0.05, 0.1) is 11.0 Å². The molecular formula is C42H27N. The molecule has 200 valence electrons. The van der Waals surface area contributed by atoms with Crippen LogP contribution in [0.15, 0.2) is 164 Å². The maximum atomic E-state index is 2.40. The lowest BCUT2D eigenvalue weighted by molar-refractivity contribution is 1.18. The van der Waals surface area contributed by atoms with Gasteiger partial charge in [0.25, 0.3) is 0 Å². The lowest BCUT2D eigenvalue weighted by Crippen LogP contribution is -1.97. The van der Waals surface area contributed by atoms with Crippen LogP contribution >= 0.6 is 0 Å². The lowest BCUT2D eigenvalue weighted by Gasteiger charge is -2.23. The molecule has 0 amide bonds. The standard InChI is InChI=1S/C42H27N/c1-2-12-30(13-3-1)43-41-21-11-10-20-38(41)40-27-29(23-25-42(40)43)28-22-24-37-35-18-7-6-16-33(35)31-14-4-5-15-32(31)34-17-8-9-19-36(34)39(37)26-28/h1-27H. The fourth-order valence-electron chi connectivity index (χ4n) is 7.05. The quantitative estimate of drug-likeness (QED) is 0.204. The van der Waals surface area contributed by atoms with Crippen LogP contribution in [-0.4, -0.2) is 4.57 Å². The van der Waals surface area contributed by atoms with Crippen LogP contribution in [-0.2, 0) is 0 Å². The number of benzene rings is 7. The van der Waals surface area contributed by atoms with Crippen molar-refractivity contribution in [3.63, 3.8) is 0 Å². The van der Waals surface area contributed by atoms with Crippen molar-refractivity contribution in [3.05, 3.63) is 164 Å². The van der Waals surface area contributed by atoms with Crippen molar-refractivity contribution < 1.29 is 0 Å². The van der Waals surface area contributed by atoms with Gasteiger partial charge in [-0.2, -0.15) is 0 Å². The summed E-state index contributed by atoms with van der Waals surface area (Å²) >= 11 is 0. The highest BCUT2D eigenvalue weighted by Crippen LogP contribution is 2.48. The highest BCUT2D eigenvalue weighted by atomic mass is 15.0. The molecule has 1 heteroatoms. The van der Waals surface area contributed by atoms with Crippen LogP contribution < -0.4 is 0 Å². The summed E-state index contributed by atoms with van der Waals surface area (Å²) in [6, 6.07) is 59.9. The molecule has 1 aliphatic rings. The first-order valence-electron chi connectivity index (χ1n) is 14.9. The zero-order valence-corrected chi connectivity index (χ0v) is 23.5. The van der Waals surface area contributed by atoms with Crippen molar-refractivity contribution in [1.29, 1.82) is 0 Å². The average molecular weight is 546 g/mol. The Morgan fingerprint density at radius 3 is 1.35 bits per heavy atom. The van der Waals surface area contributed by atoms with Crippen LogP contribution in [0.1, 0.15) is 0 Å². The van der Waals surface area contributed by atoms with Crippen molar-refractivity contribution in [1.82, 2.24) is 4.57 Å². The molecular weight excluding hydrogens is 518 g/mol. The third-order valence-corrected chi connectivity index (χ3v) is 8.98. The maximum Gasteiger partial charge on any atom is 0.0541 e. The van der Waals surface area contributed by atoms with Gasteiger partial charge >= 0.3 is 0 Å². The van der Waals surface area contributed by atoms with E-state index in [1.165, 1.54) is 83.1 Å². The predicted molar refractivity (Wildman–Crippen MR) is 182 cm³/mol. The van der Waals surface area contributed by atoms with Crippen LogP contribution in [0, 0.1) is 0 Å². The topological polar surface area (TPSA) is 4.93 Å². The Morgan fingerprint density at radius 2 is 0.721 bits per heavy atom. The molecule has 0 saturated carbocycles. The monoisotopic (exact) mass is 545 g/mol. The number of nitrogens with zero attached hydrogens (tertiary/aromatic N) is 1. The molecule has 0 atom stereocenters. The van der Waals surface area contributed by atoms with Crippen LogP contribution in [0.4, 0.5) is 0 Å². The molecule has 0 unspecified atom stereocenters. The third kappa shape index (κ3) is 3.65. The Balaban J connectivity index is 1.29. The minimum atomic E-state index is 1.18. The molecule has 0 fully saturated rings. The zero-order chi connectivity index (χ0) is 28.3. The summed E-state index contributed by atoms with van der Waals surface area (Å²) in [5.74, 6) is 0. The Morgan fingerprint density at radius 1 is 0.279 bits per heavy atom. The van der Waals surface area contributed by atoms with E-state index in [0.717, 1.165) is 0 Å². The van der Waals surface area contributed by atoms with Crippen molar-refractivity contribution in [2.75, 3.05) is 0 Å². The number of hydrogen-bond donors (Lipinski definition) is 0. The van der Waals surface area contributed by atoms with Crippen molar-refractivity contribution >= 4 is 21.8 Å².